The molecule has 0 spiro atoms. The van der Waals surface area contributed by atoms with E-state index in [1.165, 1.54) is 11.8 Å². The average molecular weight is 306 g/mol. The van der Waals surface area contributed by atoms with Crippen molar-refractivity contribution in [2.75, 3.05) is 0 Å². The van der Waals surface area contributed by atoms with Crippen molar-refractivity contribution >= 4 is 34.9 Å². The molecular weight excluding hydrogens is 292 g/mol. The first-order valence-corrected chi connectivity index (χ1v) is 7.27. The molecule has 1 heterocycles. The topological polar surface area (TPSA) is 59.8 Å². The zero-order valence-electron chi connectivity index (χ0n) is 11.1. The number of aryl methyl sites for hydroxylation is 1. The molecule has 0 saturated carbocycles. The van der Waals surface area contributed by atoms with Gasteiger partial charge in [0.2, 0.25) is 0 Å². The summed E-state index contributed by atoms with van der Waals surface area (Å²) >= 11 is 6.71. The van der Waals surface area contributed by atoms with Crippen LogP contribution in [0, 0.1) is 0 Å². The Morgan fingerprint density at radius 2 is 2.10 bits per heavy atom. The van der Waals surface area contributed by atoms with E-state index in [1.54, 1.807) is 18.5 Å². The summed E-state index contributed by atoms with van der Waals surface area (Å²) in [5.74, 6) is -0.194. The highest BCUT2D eigenvalue weighted by atomic mass is 32.2. The highest BCUT2D eigenvalue weighted by molar-refractivity contribution is 8.01. The molecule has 104 valence electrons. The minimum Gasteiger partial charge on any atom is -0.315 e. The van der Waals surface area contributed by atoms with Crippen LogP contribution in [0.5, 0.6) is 0 Å². The van der Waals surface area contributed by atoms with Crippen LogP contribution < -0.4 is 5.32 Å². The van der Waals surface area contributed by atoms with Crippen molar-refractivity contribution < 1.29 is 4.79 Å². The maximum atomic E-state index is 12.0. The molecule has 1 amide bonds. The SMILES string of the molecule is CC(Sc1nncn1C)C(=S)NC(=O)c1ccccc1. The third-order valence-electron chi connectivity index (χ3n) is 2.59. The molecule has 2 rings (SSSR count). The predicted octanol–water partition coefficient (Wildman–Crippen LogP) is 2.05. The number of carbonyl (C=O) groups is 1. The van der Waals surface area contributed by atoms with Crippen LogP contribution in [0.15, 0.2) is 41.8 Å². The van der Waals surface area contributed by atoms with Crippen molar-refractivity contribution in [1.82, 2.24) is 20.1 Å². The van der Waals surface area contributed by atoms with E-state index in [-0.39, 0.29) is 11.2 Å². The Morgan fingerprint density at radius 3 is 2.70 bits per heavy atom. The van der Waals surface area contributed by atoms with Crippen LogP contribution in [0.1, 0.15) is 17.3 Å². The largest absolute Gasteiger partial charge is 0.315 e. The lowest BCUT2D eigenvalue weighted by Gasteiger charge is -2.13. The number of rotatable bonds is 4. The Morgan fingerprint density at radius 1 is 1.40 bits per heavy atom. The van der Waals surface area contributed by atoms with E-state index in [9.17, 15) is 4.79 Å². The number of amides is 1. The van der Waals surface area contributed by atoms with Crippen molar-refractivity contribution in [3.05, 3.63) is 42.2 Å². The fourth-order valence-electron chi connectivity index (χ4n) is 1.47. The molecule has 1 aromatic carbocycles. The number of aromatic nitrogens is 3. The molecule has 2 aromatic rings. The minimum absolute atomic E-state index is 0.0689. The summed E-state index contributed by atoms with van der Waals surface area (Å²) in [4.78, 5) is 12.5. The maximum absolute atomic E-state index is 12.0. The fourth-order valence-corrected chi connectivity index (χ4v) is 2.49. The van der Waals surface area contributed by atoms with Gasteiger partial charge in [-0.25, -0.2) is 0 Å². The number of nitrogens with one attached hydrogen (secondary N) is 1. The van der Waals surface area contributed by atoms with Crippen LogP contribution in [0.25, 0.3) is 0 Å². The van der Waals surface area contributed by atoms with Gasteiger partial charge in [0.1, 0.15) is 6.33 Å². The molecule has 7 heteroatoms. The quantitative estimate of drug-likeness (QED) is 0.692. The van der Waals surface area contributed by atoms with Gasteiger partial charge in [-0.1, -0.05) is 42.2 Å². The molecular formula is C13H14N4OS2. The summed E-state index contributed by atoms with van der Waals surface area (Å²) < 4.78 is 1.81. The first-order chi connectivity index (χ1) is 9.58. The van der Waals surface area contributed by atoms with Crippen LogP contribution >= 0.6 is 24.0 Å². The summed E-state index contributed by atoms with van der Waals surface area (Å²) in [6, 6.07) is 8.99. The van der Waals surface area contributed by atoms with Gasteiger partial charge in [0.05, 0.1) is 10.2 Å². The van der Waals surface area contributed by atoms with Gasteiger partial charge in [0, 0.05) is 12.6 Å². The summed E-state index contributed by atoms with van der Waals surface area (Å²) in [6.45, 7) is 1.92. The Balaban J connectivity index is 1.95. The van der Waals surface area contributed by atoms with Crippen molar-refractivity contribution in [1.29, 1.82) is 0 Å². The van der Waals surface area contributed by atoms with E-state index < -0.39 is 0 Å². The van der Waals surface area contributed by atoms with Gasteiger partial charge in [-0.15, -0.1) is 10.2 Å². The van der Waals surface area contributed by atoms with Crippen molar-refractivity contribution in [3.63, 3.8) is 0 Å². The number of hydrogen-bond donors (Lipinski definition) is 1. The number of hydrogen-bond acceptors (Lipinski definition) is 5. The molecule has 20 heavy (non-hydrogen) atoms. The van der Waals surface area contributed by atoms with Crippen LogP contribution in [-0.2, 0) is 7.05 Å². The molecule has 1 aromatic heterocycles. The second kappa shape index (κ2) is 6.62. The van der Waals surface area contributed by atoms with E-state index in [4.69, 9.17) is 12.2 Å². The lowest BCUT2D eigenvalue weighted by Crippen LogP contribution is -2.34. The van der Waals surface area contributed by atoms with E-state index in [2.05, 4.69) is 15.5 Å². The maximum Gasteiger partial charge on any atom is 0.256 e. The Bertz CT molecular complexity index is 612. The van der Waals surface area contributed by atoms with E-state index in [0.717, 1.165) is 5.16 Å². The average Bonchev–Trinajstić information content (AvgIpc) is 2.85. The molecule has 0 aliphatic rings. The number of carbonyl (C=O) groups excluding carboxylic acids is 1. The second-order valence-corrected chi connectivity index (χ2v) is 5.92. The smallest absolute Gasteiger partial charge is 0.256 e. The van der Waals surface area contributed by atoms with Gasteiger partial charge < -0.3 is 9.88 Å². The minimum atomic E-state index is -0.194. The standard InChI is InChI=1S/C13H14N4OS2/c1-9(20-13-16-14-8-17(13)2)12(19)15-11(18)10-6-4-3-5-7-10/h3-9H,1-2H3,(H,15,18,19). The molecule has 5 nitrogen and oxygen atoms in total. The third-order valence-corrected chi connectivity index (χ3v) is 4.37. The molecule has 1 N–H and O–H groups in total. The molecule has 0 bridgehead atoms. The van der Waals surface area contributed by atoms with Gasteiger partial charge in [-0.2, -0.15) is 0 Å². The zero-order chi connectivity index (χ0) is 14.5. The fraction of sp³-hybridized carbons (Fsp3) is 0.231. The van der Waals surface area contributed by atoms with Crippen LogP contribution in [0.4, 0.5) is 0 Å². The van der Waals surface area contributed by atoms with E-state index in [1.807, 2.05) is 36.7 Å². The highest BCUT2D eigenvalue weighted by Gasteiger charge is 2.16. The molecule has 0 radical (unpaired) electrons. The summed E-state index contributed by atoms with van der Waals surface area (Å²) in [5.41, 5.74) is 0.589. The molecule has 0 saturated heterocycles. The monoisotopic (exact) mass is 306 g/mol. The van der Waals surface area contributed by atoms with Gasteiger partial charge in [-0.05, 0) is 19.1 Å². The Kier molecular flexibility index (Phi) is 4.86. The zero-order valence-corrected chi connectivity index (χ0v) is 12.7. The van der Waals surface area contributed by atoms with Gasteiger partial charge in [0.25, 0.3) is 5.91 Å². The second-order valence-electron chi connectivity index (χ2n) is 4.17. The summed E-state index contributed by atoms with van der Waals surface area (Å²) in [6.07, 6.45) is 1.63. The van der Waals surface area contributed by atoms with Crippen molar-refractivity contribution in [3.8, 4) is 0 Å². The van der Waals surface area contributed by atoms with Gasteiger partial charge >= 0.3 is 0 Å². The van der Waals surface area contributed by atoms with Crippen molar-refractivity contribution in [2.24, 2.45) is 7.05 Å². The highest BCUT2D eigenvalue weighted by Crippen LogP contribution is 2.20. The first kappa shape index (κ1) is 14.7. The van der Waals surface area contributed by atoms with Crippen LogP contribution in [0.2, 0.25) is 0 Å². The Hall–Kier alpha value is -1.73. The summed E-state index contributed by atoms with van der Waals surface area (Å²) in [5, 5.41) is 11.2. The van der Waals surface area contributed by atoms with Gasteiger partial charge in [0.15, 0.2) is 5.16 Å². The molecule has 1 atom stereocenters. The van der Waals surface area contributed by atoms with Gasteiger partial charge in [-0.3, -0.25) is 4.79 Å². The third kappa shape index (κ3) is 3.64. The number of thiocarbonyl (C=S) groups is 1. The lowest BCUT2D eigenvalue weighted by molar-refractivity contribution is 0.0977. The molecule has 0 aliphatic heterocycles. The van der Waals surface area contributed by atoms with Crippen LogP contribution in [-0.4, -0.2) is 30.9 Å². The molecule has 1 unspecified atom stereocenters. The number of thioether (sulfide) groups is 1. The normalized spacial score (nSPS) is 11.9. The summed E-state index contributed by atoms with van der Waals surface area (Å²) in [7, 11) is 1.86. The number of benzene rings is 1. The first-order valence-electron chi connectivity index (χ1n) is 5.99. The lowest BCUT2D eigenvalue weighted by atomic mass is 10.2. The van der Waals surface area contributed by atoms with E-state index in [0.29, 0.717) is 10.6 Å². The number of nitrogens with zero attached hydrogens (tertiary/aromatic N) is 3. The van der Waals surface area contributed by atoms with Crippen molar-refractivity contribution in [2.45, 2.75) is 17.3 Å². The molecule has 0 fully saturated rings. The molecule has 0 aliphatic carbocycles. The van der Waals surface area contributed by atoms with E-state index >= 15 is 0 Å². The van der Waals surface area contributed by atoms with Crippen LogP contribution in [0.3, 0.4) is 0 Å². The Labute approximate surface area is 126 Å². The predicted molar refractivity (Wildman–Crippen MR) is 82.8 cm³/mol.